The Morgan fingerprint density at radius 1 is 0.684 bits per heavy atom. The summed E-state index contributed by atoms with van der Waals surface area (Å²) in [6.45, 7) is 2.41. The number of aliphatic carboxylic acids is 3. The molecule has 22 nitrogen and oxygen atoms in total. The first-order valence-corrected chi connectivity index (χ1v) is 19.3. The van der Waals surface area contributed by atoms with Crippen LogP contribution in [0.1, 0.15) is 90.4 Å². The van der Waals surface area contributed by atoms with Crippen LogP contribution in [-0.4, -0.2) is 153 Å². The van der Waals surface area contributed by atoms with Crippen molar-refractivity contribution in [3.8, 4) is 0 Å². The van der Waals surface area contributed by atoms with Crippen molar-refractivity contribution in [1.82, 2.24) is 36.8 Å². The van der Waals surface area contributed by atoms with E-state index in [1.807, 2.05) is 0 Å². The largest absolute Gasteiger partial charge is 0.481 e. The zero-order valence-electron chi connectivity index (χ0n) is 32.2. The average Bonchev–Trinajstić information content (AvgIpc) is 3.87. The van der Waals surface area contributed by atoms with Gasteiger partial charge in [0.2, 0.25) is 35.4 Å². The van der Waals surface area contributed by atoms with E-state index in [0.717, 1.165) is 11.3 Å². The van der Waals surface area contributed by atoms with Crippen molar-refractivity contribution in [3.63, 3.8) is 0 Å². The number of nitrogens with zero attached hydrogens (tertiary/aromatic N) is 1. The standard InChI is InChI=1S/C35H59N9O13/c1-19(45)28(43-29(50)20-10-6-16-38-20)33(54)41-23(12-13-26(46)47)34(55)44-17-7-11-25(44)32(53)40-22(9-3-5-15-37)30(51)39-21(8-2-4-14-36)31(52)42-24(35(56)57)18-27(48)49/h19-25,28,38,45H,2-18,36-37H2,1H3,(H,39,51)(H,40,53)(H,41,54)(H,42,52)(H,43,50)(H,46,47)(H,48,49)(H,56,57)/t19-,20+,21+,22+,23+,24+,25+,28+/m1/s1. The molecule has 0 aliphatic carbocycles. The van der Waals surface area contributed by atoms with Crippen molar-refractivity contribution in [1.29, 1.82) is 0 Å². The van der Waals surface area contributed by atoms with Crippen molar-refractivity contribution < 1.29 is 63.6 Å². The summed E-state index contributed by atoms with van der Waals surface area (Å²) in [5.41, 5.74) is 11.2. The van der Waals surface area contributed by atoms with Crippen LogP contribution in [0.2, 0.25) is 0 Å². The number of rotatable bonds is 26. The molecule has 2 saturated heterocycles. The molecule has 2 rings (SSSR count). The lowest BCUT2D eigenvalue weighted by molar-refractivity contribution is -0.147. The number of likely N-dealkylation sites (tertiary alicyclic amines) is 1. The minimum atomic E-state index is -1.79. The molecule has 0 aromatic carbocycles. The molecular weight excluding hydrogens is 754 g/mol. The Kier molecular flexibility index (Phi) is 20.9. The molecule has 2 fully saturated rings. The number of amides is 6. The Morgan fingerprint density at radius 3 is 1.77 bits per heavy atom. The van der Waals surface area contributed by atoms with E-state index in [9.17, 15) is 58.5 Å². The molecule has 2 aliphatic heterocycles. The first kappa shape index (κ1) is 48.2. The summed E-state index contributed by atoms with van der Waals surface area (Å²) in [4.78, 5) is 116. The molecule has 2 aliphatic rings. The second kappa shape index (κ2) is 24.6. The minimum absolute atomic E-state index is 0.00305. The number of nitrogens with two attached hydrogens (primary N) is 2. The highest BCUT2D eigenvalue weighted by Gasteiger charge is 2.41. The van der Waals surface area contributed by atoms with E-state index in [1.165, 1.54) is 6.92 Å². The predicted octanol–water partition coefficient (Wildman–Crippen LogP) is -3.78. The second-order valence-corrected chi connectivity index (χ2v) is 14.2. The van der Waals surface area contributed by atoms with E-state index in [1.54, 1.807) is 0 Å². The number of unbranched alkanes of at least 4 members (excludes halogenated alkanes) is 2. The lowest BCUT2D eigenvalue weighted by Crippen LogP contribution is -2.60. The van der Waals surface area contributed by atoms with E-state index in [2.05, 4.69) is 31.9 Å². The Balaban J connectivity index is 2.28. The van der Waals surface area contributed by atoms with E-state index >= 15 is 0 Å². The molecule has 0 aromatic rings. The smallest absolute Gasteiger partial charge is 0.326 e. The summed E-state index contributed by atoms with van der Waals surface area (Å²) in [5, 5.41) is 53.5. The highest BCUT2D eigenvalue weighted by molar-refractivity contribution is 5.97. The summed E-state index contributed by atoms with van der Waals surface area (Å²) in [6, 6.07) is -9.10. The molecule has 57 heavy (non-hydrogen) atoms. The highest BCUT2D eigenvalue weighted by atomic mass is 16.4. The van der Waals surface area contributed by atoms with Gasteiger partial charge >= 0.3 is 17.9 Å². The number of carbonyl (C=O) groups is 9. The summed E-state index contributed by atoms with van der Waals surface area (Å²) < 4.78 is 0. The topological polar surface area (TPSA) is 362 Å². The van der Waals surface area contributed by atoms with Gasteiger partial charge in [0.05, 0.1) is 18.6 Å². The van der Waals surface area contributed by atoms with E-state index < -0.39 is 115 Å². The zero-order valence-corrected chi connectivity index (χ0v) is 32.2. The summed E-state index contributed by atoms with van der Waals surface area (Å²) in [7, 11) is 0. The first-order valence-electron chi connectivity index (χ1n) is 19.3. The normalized spacial score (nSPS) is 19.5. The van der Waals surface area contributed by atoms with Crippen molar-refractivity contribution in [2.75, 3.05) is 26.2 Å². The van der Waals surface area contributed by atoms with Crippen LogP contribution in [0.5, 0.6) is 0 Å². The van der Waals surface area contributed by atoms with E-state index in [0.29, 0.717) is 45.1 Å². The Bertz CT molecular complexity index is 1430. The van der Waals surface area contributed by atoms with Crippen LogP contribution < -0.4 is 43.4 Å². The highest BCUT2D eigenvalue weighted by Crippen LogP contribution is 2.21. The molecule has 22 heteroatoms. The molecule has 6 amide bonds. The molecule has 2 heterocycles. The fraction of sp³-hybridized carbons (Fsp3) is 0.743. The van der Waals surface area contributed by atoms with Gasteiger partial charge in [-0.1, -0.05) is 0 Å². The Labute approximate surface area is 330 Å². The van der Waals surface area contributed by atoms with Crippen LogP contribution in [0, 0.1) is 0 Å². The zero-order chi connectivity index (χ0) is 42.7. The van der Waals surface area contributed by atoms with Gasteiger partial charge in [-0.25, -0.2) is 4.79 Å². The molecule has 0 bridgehead atoms. The third-order valence-electron chi connectivity index (χ3n) is 9.69. The molecule has 322 valence electrons. The fourth-order valence-electron chi connectivity index (χ4n) is 6.57. The lowest BCUT2D eigenvalue weighted by atomic mass is 10.0. The molecule has 8 atom stereocenters. The van der Waals surface area contributed by atoms with Gasteiger partial charge in [-0.2, -0.15) is 0 Å². The number of carbonyl (C=O) groups excluding carboxylic acids is 6. The number of nitrogens with one attached hydrogen (secondary N) is 6. The fourth-order valence-corrected chi connectivity index (χ4v) is 6.57. The van der Waals surface area contributed by atoms with E-state index in [4.69, 9.17) is 16.6 Å². The van der Waals surface area contributed by atoms with Gasteiger partial charge in [-0.3, -0.25) is 38.4 Å². The molecule has 0 spiro atoms. The van der Waals surface area contributed by atoms with Crippen molar-refractivity contribution >= 4 is 53.4 Å². The van der Waals surface area contributed by atoms with Crippen molar-refractivity contribution in [2.24, 2.45) is 11.5 Å². The molecule has 14 N–H and O–H groups in total. The molecule has 0 radical (unpaired) electrons. The van der Waals surface area contributed by atoms with Gasteiger partial charge in [0.25, 0.3) is 0 Å². The number of carboxylic acids is 3. The van der Waals surface area contributed by atoms with Crippen LogP contribution >= 0.6 is 0 Å². The third kappa shape index (κ3) is 16.2. The monoisotopic (exact) mass is 813 g/mol. The predicted molar refractivity (Wildman–Crippen MR) is 200 cm³/mol. The van der Waals surface area contributed by atoms with Gasteiger partial charge in [0.15, 0.2) is 0 Å². The number of aliphatic hydroxyl groups is 1. The second-order valence-electron chi connectivity index (χ2n) is 14.2. The van der Waals surface area contributed by atoms with Crippen LogP contribution in [0.3, 0.4) is 0 Å². The summed E-state index contributed by atoms with van der Waals surface area (Å²) in [5.74, 6) is -9.17. The number of carboxylic acid groups (broad SMARTS) is 3. The molecular formula is C35H59N9O13. The number of hydrogen-bond donors (Lipinski definition) is 12. The van der Waals surface area contributed by atoms with Gasteiger partial charge in [0, 0.05) is 13.0 Å². The lowest BCUT2D eigenvalue weighted by Gasteiger charge is -2.31. The quantitative estimate of drug-likeness (QED) is 0.0373. The van der Waals surface area contributed by atoms with Crippen LogP contribution in [0.15, 0.2) is 0 Å². The maximum Gasteiger partial charge on any atom is 0.326 e. The van der Waals surface area contributed by atoms with Crippen LogP contribution in [0.25, 0.3) is 0 Å². The maximum atomic E-state index is 14.0. The van der Waals surface area contributed by atoms with Crippen LogP contribution in [0.4, 0.5) is 0 Å². The van der Waals surface area contributed by atoms with Gasteiger partial charge in [-0.15, -0.1) is 0 Å². The van der Waals surface area contributed by atoms with Gasteiger partial charge < -0.3 is 68.7 Å². The van der Waals surface area contributed by atoms with Crippen LogP contribution in [-0.2, 0) is 43.2 Å². The Morgan fingerprint density at radius 2 is 1.26 bits per heavy atom. The van der Waals surface area contributed by atoms with Crippen molar-refractivity contribution in [2.45, 2.75) is 139 Å². The Hall–Kier alpha value is -4.93. The SMILES string of the molecule is C[C@@H](O)[C@H](NC(=O)[C@@H]1CCCN1)C(=O)N[C@@H](CCC(=O)O)C(=O)N1CCC[C@H]1C(=O)N[C@@H](CCCCN)C(=O)N[C@@H](CCCCN)C(=O)N[C@@H](CC(=O)O)C(=O)O. The maximum absolute atomic E-state index is 14.0. The third-order valence-corrected chi connectivity index (χ3v) is 9.69. The number of aliphatic hydroxyl groups excluding tert-OH is 1. The average molecular weight is 814 g/mol. The van der Waals surface area contributed by atoms with Gasteiger partial charge in [-0.05, 0) is 97.2 Å². The molecule has 0 saturated carbocycles. The number of hydrogen-bond acceptors (Lipinski definition) is 13. The van der Waals surface area contributed by atoms with E-state index in [-0.39, 0.29) is 45.3 Å². The van der Waals surface area contributed by atoms with Gasteiger partial charge in [0.1, 0.15) is 36.3 Å². The summed E-state index contributed by atoms with van der Waals surface area (Å²) in [6.07, 6.45) is 0.0991. The first-order chi connectivity index (χ1) is 27.0. The van der Waals surface area contributed by atoms with Crippen molar-refractivity contribution in [3.05, 3.63) is 0 Å². The summed E-state index contributed by atoms with van der Waals surface area (Å²) >= 11 is 0. The molecule has 0 unspecified atom stereocenters. The minimum Gasteiger partial charge on any atom is -0.481 e. The molecule has 0 aromatic heterocycles.